The molecule has 0 spiro atoms. The Hall–Kier alpha value is -1.62. The Kier molecular flexibility index (Phi) is 4.45. The summed E-state index contributed by atoms with van der Waals surface area (Å²) in [6, 6.07) is 7.10. The molecule has 3 N–H and O–H groups in total. The molecule has 17 heavy (non-hydrogen) atoms. The molecule has 0 aliphatic rings. The predicted molar refractivity (Wildman–Crippen MR) is 74.1 cm³/mol. The van der Waals surface area contributed by atoms with Crippen molar-refractivity contribution in [1.82, 2.24) is 4.90 Å². The fourth-order valence-electron chi connectivity index (χ4n) is 1.51. The van der Waals surface area contributed by atoms with Gasteiger partial charge in [-0.3, -0.25) is 4.79 Å². The first-order valence-electron chi connectivity index (χ1n) is 5.30. The van der Waals surface area contributed by atoms with Crippen LogP contribution >= 0.6 is 12.2 Å². The number of amides is 1. The van der Waals surface area contributed by atoms with Gasteiger partial charge in [-0.05, 0) is 19.1 Å². The summed E-state index contributed by atoms with van der Waals surface area (Å²) in [4.78, 5) is 13.6. The van der Waals surface area contributed by atoms with Crippen molar-refractivity contribution in [3.8, 4) is 0 Å². The number of benzene rings is 1. The molecule has 0 aromatic heterocycles. The van der Waals surface area contributed by atoms with Gasteiger partial charge in [0.05, 0.1) is 0 Å². The first kappa shape index (κ1) is 13.4. The first-order valence-corrected chi connectivity index (χ1v) is 5.71. The highest BCUT2D eigenvalue weighted by atomic mass is 32.1. The molecule has 1 atom stereocenters. The van der Waals surface area contributed by atoms with E-state index in [0.717, 1.165) is 11.3 Å². The maximum atomic E-state index is 11.7. The van der Waals surface area contributed by atoms with Crippen LogP contribution in [0.4, 0.5) is 5.69 Å². The van der Waals surface area contributed by atoms with E-state index in [-0.39, 0.29) is 11.9 Å². The summed E-state index contributed by atoms with van der Waals surface area (Å²) >= 11 is 4.96. The third-order valence-corrected chi connectivity index (χ3v) is 2.60. The minimum atomic E-state index is -0.319. The zero-order valence-corrected chi connectivity index (χ0v) is 11.0. The SMILES string of the molecule is CC(Nc1ccccc1C(N)=S)C(=O)N(C)C. The van der Waals surface area contributed by atoms with Gasteiger partial charge in [-0.2, -0.15) is 0 Å². The van der Waals surface area contributed by atoms with Gasteiger partial charge in [-0.15, -0.1) is 0 Å². The Morgan fingerprint density at radius 2 is 2.00 bits per heavy atom. The number of nitrogens with one attached hydrogen (secondary N) is 1. The zero-order chi connectivity index (χ0) is 13.0. The van der Waals surface area contributed by atoms with Crippen LogP contribution in [0.5, 0.6) is 0 Å². The van der Waals surface area contributed by atoms with E-state index < -0.39 is 0 Å². The van der Waals surface area contributed by atoms with Crippen molar-refractivity contribution in [2.24, 2.45) is 5.73 Å². The molecule has 0 saturated carbocycles. The van der Waals surface area contributed by atoms with E-state index in [2.05, 4.69) is 5.32 Å². The second kappa shape index (κ2) is 5.63. The topological polar surface area (TPSA) is 58.4 Å². The van der Waals surface area contributed by atoms with Gasteiger partial charge in [-0.25, -0.2) is 0 Å². The van der Waals surface area contributed by atoms with Crippen LogP contribution < -0.4 is 11.1 Å². The fourth-order valence-corrected chi connectivity index (χ4v) is 1.68. The number of para-hydroxylation sites is 1. The third kappa shape index (κ3) is 3.42. The number of likely N-dealkylation sites (N-methyl/N-ethyl adjacent to an activating group) is 1. The summed E-state index contributed by atoms with van der Waals surface area (Å²) in [5.41, 5.74) is 7.15. The highest BCUT2D eigenvalue weighted by Crippen LogP contribution is 2.16. The lowest BCUT2D eigenvalue weighted by Gasteiger charge is -2.20. The lowest BCUT2D eigenvalue weighted by Crippen LogP contribution is -2.37. The predicted octanol–water partition coefficient (Wildman–Crippen LogP) is 1.21. The van der Waals surface area contributed by atoms with Crippen molar-refractivity contribution in [2.45, 2.75) is 13.0 Å². The van der Waals surface area contributed by atoms with E-state index in [1.54, 1.807) is 25.9 Å². The normalized spacial score (nSPS) is 11.7. The number of hydrogen-bond acceptors (Lipinski definition) is 3. The Bertz CT molecular complexity index is 432. The van der Waals surface area contributed by atoms with Gasteiger partial charge in [0.15, 0.2) is 0 Å². The molecule has 0 bridgehead atoms. The second-order valence-corrected chi connectivity index (χ2v) is 4.45. The molecule has 1 aromatic rings. The number of nitrogens with two attached hydrogens (primary N) is 1. The van der Waals surface area contributed by atoms with E-state index in [4.69, 9.17) is 18.0 Å². The lowest BCUT2D eigenvalue weighted by molar-refractivity contribution is -0.129. The minimum Gasteiger partial charge on any atom is -0.389 e. The molecular weight excluding hydrogens is 234 g/mol. The number of thiocarbonyl (C=S) groups is 1. The average Bonchev–Trinajstić information content (AvgIpc) is 2.28. The average molecular weight is 251 g/mol. The maximum Gasteiger partial charge on any atom is 0.244 e. The summed E-state index contributed by atoms with van der Waals surface area (Å²) in [5.74, 6) is 0.00254. The molecule has 1 amide bonds. The fraction of sp³-hybridized carbons (Fsp3) is 0.333. The largest absolute Gasteiger partial charge is 0.389 e. The zero-order valence-electron chi connectivity index (χ0n) is 10.2. The van der Waals surface area contributed by atoms with Gasteiger partial charge in [0.1, 0.15) is 11.0 Å². The molecule has 0 aliphatic heterocycles. The molecule has 1 rings (SSSR count). The van der Waals surface area contributed by atoms with Crippen LogP contribution in [-0.2, 0) is 4.79 Å². The van der Waals surface area contributed by atoms with Gasteiger partial charge in [-0.1, -0.05) is 24.4 Å². The van der Waals surface area contributed by atoms with Crippen LogP contribution in [0.25, 0.3) is 0 Å². The van der Waals surface area contributed by atoms with Crippen LogP contribution in [-0.4, -0.2) is 35.9 Å². The van der Waals surface area contributed by atoms with E-state index in [1.807, 2.05) is 24.3 Å². The monoisotopic (exact) mass is 251 g/mol. The van der Waals surface area contributed by atoms with Crippen molar-refractivity contribution in [2.75, 3.05) is 19.4 Å². The molecular formula is C12H17N3OS. The highest BCUT2D eigenvalue weighted by molar-refractivity contribution is 7.80. The van der Waals surface area contributed by atoms with E-state index in [9.17, 15) is 4.79 Å². The van der Waals surface area contributed by atoms with Crippen molar-refractivity contribution in [1.29, 1.82) is 0 Å². The highest BCUT2D eigenvalue weighted by Gasteiger charge is 2.15. The third-order valence-electron chi connectivity index (χ3n) is 2.38. The van der Waals surface area contributed by atoms with Gasteiger partial charge in [0, 0.05) is 25.3 Å². The summed E-state index contributed by atoms with van der Waals surface area (Å²) in [7, 11) is 3.44. The van der Waals surface area contributed by atoms with Crippen LogP contribution in [0.1, 0.15) is 12.5 Å². The number of carbonyl (C=O) groups is 1. The van der Waals surface area contributed by atoms with Gasteiger partial charge < -0.3 is 16.0 Å². The molecule has 4 nitrogen and oxygen atoms in total. The standard InChI is InChI=1S/C12H17N3OS/c1-8(12(16)15(2)3)14-10-7-5-4-6-9(10)11(13)17/h4-8,14H,1-3H3,(H2,13,17). The number of nitrogens with zero attached hydrogens (tertiary/aromatic N) is 1. The molecule has 92 valence electrons. The molecule has 0 aliphatic carbocycles. The molecule has 1 aromatic carbocycles. The van der Waals surface area contributed by atoms with Gasteiger partial charge >= 0.3 is 0 Å². The van der Waals surface area contributed by atoms with E-state index in [0.29, 0.717) is 4.99 Å². The van der Waals surface area contributed by atoms with Crippen LogP contribution in [0.3, 0.4) is 0 Å². The minimum absolute atomic E-state index is 0.00254. The van der Waals surface area contributed by atoms with Crippen LogP contribution in [0, 0.1) is 0 Å². The van der Waals surface area contributed by atoms with E-state index >= 15 is 0 Å². The number of rotatable bonds is 4. The second-order valence-electron chi connectivity index (χ2n) is 4.01. The molecule has 0 saturated heterocycles. The van der Waals surface area contributed by atoms with Crippen molar-refractivity contribution in [3.05, 3.63) is 29.8 Å². The van der Waals surface area contributed by atoms with Crippen molar-refractivity contribution < 1.29 is 4.79 Å². The lowest BCUT2D eigenvalue weighted by atomic mass is 10.1. The van der Waals surface area contributed by atoms with Gasteiger partial charge in [0.25, 0.3) is 0 Å². The number of anilines is 1. The van der Waals surface area contributed by atoms with Crippen LogP contribution in [0.15, 0.2) is 24.3 Å². The van der Waals surface area contributed by atoms with Crippen molar-refractivity contribution in [3.63, 3.8) is 0 Å². The van der Waals surface area contributed by atoms with Crippen LogP contribution in [0.2, 0.25) is 0 Å². The Balaban J connectivity index is 2.88. The Labute approximate surface area is 107 Å². The first-order chi connectivity index (χ1) is 7.93. The number of hydrogen-bond donors (Lipinski definition) is 2. The Morgan fingerprint density at radius 1 is 1.41 bits per heavy atom. The van der Waals surface area contributed by atoms with Gasteiger partial charge in [0.2, 0.25) is 5.91 Å². The molecule has 5 heteroatoms. The van der Waals surface area contributed by atoms with Crippen molar-refractivity contribution >= 4 is 28.8 Å². The Morgan fingerprint density at radius 3 is 2.53 bits per heavy atom. The summed E-state index contributed by atoms with van der Waals surface area (Å²) < 4.78 is 0. The molecule has 0 heterocycles. The molecule has 1 unspecified atom stereocenters. The summed E-state index contributed by atoms with van der Waals surface area (Å²) in [6.07, 6.45) is 0. The summed E-state index contributed by atoms with van der Waals surface area (Å²) in [6.45, 7) is 1.80. The summed E-state index contributed by atoms with van der Waals surface area (Å²) in [5, 5.41) is 3.11. The molecule has 0 fully saturated rings. The quantitative estimate of drug-likeness (QED) is 0.790. The smallest absolute Gasteiger partial charge is 0.244 e. The van der Waals surface area contributed by atoms with E-state index in [1.165, 1.54) is 0 Å². The number of carbonyl (C=O) groups excluding carboxylic acids is 1. The molecule has 0 radical (unpaired) electrons. The maximum absolute atomic E-state index is 11.7.